The van der Waals surface area contributed by atoms with Crippen LogP contribution in [0.2, 0.25) is 0 Å². The molecule has 0 aromatic carbocycles. The lowest BCUT2D eigenvalue weighted by molar-refractivity contribution is -0.0511. The summed E-state index contributed by atoms with van der Waals surface area (Å²) in [6.45, 7) is -0.145. The quantitative estimate of drug-likeness (QED) is 0.417. The fourth-order valence-electron chi connectivity index (χ4n) is 2.45. The number of rotatable bonds is 5. The molecule has 10 nitrogen and oxygen atoms in total. The van der Waals surface area contributed by atoms with Gasteiger partial charge in [0.1, 0.15) is 24.6 Å². The van der Waals surface area contributed by atoms with Gasteiger partial charge in [0.05, 0.1) is 19.5 Å². The Morgan fingerprint density at radius 2 is 2.00 bits per heavy atom. The molecule has 0 radical (unpaired) electrons. The van der Waals surface area contributed by atoms with Gasteiger partial charge >= 0.3 is 0 Å². The predicted molar refractivity (Wildman–Crippen MR) is 73.9 cm³/mol. The van der Waals surface area contributed by atoms with Crippen LogP contribution in [0, 0.1) is 0 Å². The van der Waals surface area contributed by atoms with E-state index in [0.717, 1.165) is 0 Å². The van der Waals surface area contributed by atoms with E-state index in [4.69, 9.17) is 14.9 Å². The molecule has 2 aromatic heterocycles. The van der Waals surface area contributed by atoms with Gasteiger partial charge in [-0.2, -0.15) is 0 Å². The molecule has 0 amide bonds. The minimum absolute atomic E-state index is 0.0545. The monoisotopic (exact) mass is 311 g/mol. The zero-order valence-electron chi connectivity index (χ0n) is 11.6. The van der Waals surface area contributed by atoms with Crippen molar-refractivity contribution in [3.63, 3.8) is 0 Å². The number of fused-ring (bicyclic) bond motifs is 1. The van der Waals surface area contributed by atoms with Crippen molar-refractivity contribution < 1.29 is 25.2 Å². The van der Waals surface area contributed by atoms with Gasteiger partial charge in [-0.05, 0) is 0 Å². The van der Waals surface area contributed by atoms with E-state index in [0.29, 0.717) is 23.5 Å². The molecule has 120 valence electrons. The molecule has 3 rings (SSSR count). The van der Waals surface area contributed by atoms with Crippen LogP contribution in [0.5, 0.6) is 0 Å². The molecule has 2 aromatic rings. The lowest BCUT2D eigenvalue weighted by Crippen LogP contribution is -2.33. The van der Waals surface area contributed by atoms with Gasteiger partial charge in [-0.15, -0.1) is 0 Å². The van der Waals surface area contributed by atoms with E-state index in [9.17, 15) is 10.2 Å². The molecule has 1 saturated heterocycles. The van der Waals surface area contributed by atoms with Gasteiger partial charge in [0.2, 0.25) is 0 Å². The number of aliphatic hydroxyl groups excluding tert-OH is 4. The van der Waals surface area contributed by atoms with Crippen LogP contribution in [0.4, 0.5) is 5.82 Å². The first-order valence-electron chi connectivity index (χ1n) is 6.82. The molecular formula is C12H17N5O5. The number of anilines is 1. The fraction of sp³-hybridized carbons (Fsp3) is 0.583. The van der Waals surface area contributed by atoms with Crippen LogP contribution < -0.4 is 5.32 Å². The summed E-state index contributed by atoms with van der Waals surface area (Å²) in [5.74, 6) is 0.449. The van der Waals surface area contributed by atoms with E-state index in [-0.39, 0.29) is 6.61 Å². The molecule has 3 heterocycles. The minimum atomic E-state index is -1.21. The topological polar surface area (TPSA) is 146 Å². The van der Waals surface area contributed by atoms with Gasteiger partial charge in [0.25, 0.3) is 0 Å². The molecule has 4 atom stereocenters. The Balaban J connectivity index is 1.95. The molecule has 10 heteroatoms. The van der Waals surface area contributed by atoms with Crippen LogP contribution in [-0.2, 0) is 4.74 Å². The standard InChI is InChI=1S/C12H17N5O5/c18-2-1-13-10-7-11(15-4-14-10)17(5-16-7)12-9(21)8(20)6(3-19)22-12/h4-6,8-9,12,18-21H,1-3H2,(H,13,14,15)/t6-,8?,9?,12-/m1/s1. The number of hydrogen-bond donors (Lipinski definition) is 5. The molecule has 0 saturated carbocycles. The van der Waals surface area contributed by atoms with Gasteiger partial charge in [0.15, 0.2) is 23.2 Å². The highest BCUT2D eigenvalue weighted by Crippen LogP contribution is 2.31. The lowest BCUT2D eigenvalue weighted by atomic mass is 10.1. The predicted octanol–water partition coefficient (Wildman–Crippen LogP) is -2.16. The van der Waals surface area contributed by atoms with Crippen LogP contribution in [0.3, 0.4) is 0 Å². The van der Waals surface area contributed by atoms with Crippen molar-refractivity contribution in [2.75, 3.05) is 25.1 Å². The largest absolute Gasteiger partial charge is 0.395 e. The van der Waals surface area contributed by atoms with Crippen molar-refractivity contribution in [2.24, 2.45) is 0 Å². The second kappa shape index (κ2) is 6.10. The summed E-state index contributed by atoms with van der Waals surface area (Å²) >= 11 is 0. The Labute approximate surface area is 125 Å². The van der Waals surface area contributed by atoms with E-state index in [1.807, 2.05) is 0 Å². The zero-order valence-corrected chi connectivity index (χ0v) is 11.6. The molecule has 22 heavy (non-hydrogen) atoms. The summed E-state index contributed by atoms with van der Waals surface area (Å²) in [5, 5.41) is 40.8. The van der Waals surface area contributed by atoms with E-state index in [2.05, 4.69) is 20.3 Å². The van der Waals surface area contributed by atoms with Crippen molar-refractivity contribution in [1.29, 1.82) is 0 Å². The number of imidazole rings is 1. The molecule has 2 unspecified atom stereocenters. The summed E-state index contributed by atoms with van der Waals surface area (Å²) in [5.41, 5.74) is 0.860. The Morgan fingerprint density at radius 1 is 1.18 bits per heavy atom. The van der Waals surface area contributed by atoms with E-state index < -0.39 is 31.1 Å². The van der Waals surface area contributed by atoms with Crippen LogP contribution in [0.1, 0.15) is 6.23 Å². The smallest absolute Gasteiger partial charge is 0.167 e. The first-order valence-corrected chi connectivity index (χ1v) is 6.82. The Kier molecular flexibility index (Phi) is 4.18. The van der Waals surface area contributed by atoms with Gasteiger partial charge in [0, 0.05) is 6.54 Å². The Hall–Kier alpha value is -1.85. The number of nitrogens with one attached hydrogen (secondary N) is 1. The molecule has 0 spiro atoms. The number of nitrogens with zero attached hydrogens (tertiary/aromatic N) is 4. The molecule has 0 aliphatic carbocycles. The van der Waals surface area contributed by atoms with Gasteiger partial charge < -0.3 is 30.5 Å². The number of ether oxygens (including phenoxy) is 1. The number of aliphatic hydroxyl groups is 4. The molecule has 1 aliphatic heterocycles. The molecule has 0 bridgehead atoms. The fourth-order valence-corrected chi connectivity index (χ4v) is 2.45. The maximum Gasteiger partial charge on any atom is 0.167 e. The summed E-state index contributed by atoms with van der Waals surface area (Å²) < 4.78 is 6.94. The average Bonchev–Trinajstić information content (AvgIpc) is 3.08. The minimum Gasteiger partial charge on any atom is -0.395 e. The molecular weight excluding hydrogens is 294 g/mol. The van der Waals surface area contributed by atoms with Crippen molar-refractivity contribution >= 4 is 17.0 Å². The van der Waals surface area contributed by atoms with Crippen LogP contribution in [0.15, 0.2) is 12.7 Å². The average molecular weight is 311 g/mol. The van der Waals surface area contributed by atoms with Crippen molar-refractivity contribution in [3.8, 4) is 0 Å². The third-order valence-electron chi connectivity index (χ3n) is 3.55. The third kappa shape index (κ3) is 2.40. The van der Waals surface area contributed by atoms with Gasteiger partial charge in [-0.3, -0.25) is 4.57 Å². The van der Waals surface area contributed by atoms with Gasteiger partial charge in [-0.25, -0.2) is 15.0 Å². The van der Waals surface area contributed by atoms with Crippen molar-refractivity contribution in [2.45, 2.75) is 24.5 Å². The first-order chi connectivity index (χ1) is 10.7. The Bertz CT molecular complexity index is 650. The lowest BCUT2D eigenvalue weighted by Gasteiger charge is -2.16. The van der Waals surface area contributed by atoms with E-state index >= 15 is 0 Å². The Morgan fingerprint density at radius 3 is 2.68 bits per heavy atom. The number of hydrogen-bond acceptors (Lipinski definition) is 9. The summed E-state index contributed by atoms with van der Waals surface area (Å²) in [4.78, 5) is 12.3. The van der Waals surface area contributed by atoms with E-state index in [1.165, 1.54) is 17.2 Å². The van der Waals surface area contributed by atoms with Crippen molar-refractivity contribution in [3.05, 3.63) is 12.7 Å². The third-order valence-corrected chi connectivity index (χ3v) is 3.55. The van der Waals surface area contributed by atoms with E-state index in [1.54, 1.807) is 0 Å². The summed E-state index contributed by atoms with van der Waals surface area (Å²) in [6, 6.07) is 0. The molecule has 1 aliphatic rings. The second-order valence-corrected chi connectivity index (χ2v) is 4.93. The SMILES string of the molecule is OCCNc1ncnc2c1ncn2[C@@H]1O[C@H](CO)C(O)C1O. The van der Waals surface area contributed by atoms with Crippen LogP contribution in [-0.4, -0.2) is 78.0 Å². The maximum atomic E-state index is 10.1. The summed E-state index contributed by atoms with van der Waals surface area (Å²) in [7, 11) is 0. The normalized spacial score (nSPS) is 28.4. The van der Waals surface area contributed by atoms with Crippen LogP contribution in [0.25, 0.3) is 11.2 Å². The highest BCUT2D eigenvalue weighted by molar-refractivity contribution is 5.82. The van der Waals surface area contributed by atoms with Gasteiger partial charge in [-0.1, -0.05) is 0 Å². The molecule has 1 fully saturated rings. The van der Waals surface area contributed by atoms with Crippen molar-refractivity contribution in [1.82, 2.24) is 19.5 Å². The highest BCUT2D eigenvalue weighted by atomic mass is 16.6. The zero-order chi connectivity index (χ0) is 15.7. The first kappa shape index (κ1) is 15.1. The maximum absolute atomic E-state index is 10.1. The van der Waals surface area contributed by atoms with Crippen LogP contribution >= 0.6 is 0 Å². The molecule has 5 N–H and O–H groups in total. The number of aromatic nitrogens is 4. The highest BCUT2D eigenvalue weighted by Gasteiger charge is 2.43. The second-order valence-electron chi connectivity index (χ2n) is 4.93. The summed E-state index contributed by atoms with van der Waals surface area (Å²) in [6.07, 6.45) is -1.44.